The summed E-state index contributed by atoms with van der Waals surface area (Å²) >= 11 is 0. The molecule has 1 aromatic heterocycles. The molecule has 0 aliphatic carbocycles. The maximum Gasteiger partial charge on any atom is 0.328 e. The lowest BCUT2D eigenvalue weighted by Gasteiger charge is -2.38. The van der Waals surface area contributed by atoms with E-state index in [4.69, 9.17) is 4.74 Å². The fraction of sp³-hybridized carbons (Fsp3) is 0.259. The van der Waals surface area contributed by atoms with Gasteiger partial charge in [0.15, 0.2) is 5.54 Å². The van der Waals surface area contributed by atoms with Crippen LogP contribution in [0.25, 0.3) is 0 Å². The van der Waals surface area contributed by atoms with Gasteiger partial charge in [0.2, 0.25) is 5.88 Å². The molecule has 2 N–H and O–H groups in total. The fourth-order valence-corrected chi connectivity index (χ4v) is 5.27. The Kier molecular flexibility index (Phi) is 5.13. The van der Waals surface area contributed by atoms with Gasteiger partial charge in [-0.1, -0.05) is 23.8 Å². The summed E-state index contributed by atoms with van der Waals surface area (Å²) in [4.78, 5) is 45.3. The smallest absolute Gasteiger partial charge is 0.328 e. The summed E-state index contributed by atoms with van der Waals surface area (Å²) in [5, 5.41) is 4.45. The zero-order chi connectivity index (χ0) is 24.9. The first-order valence-corrected chi connectivity index (χ1v) is 11.9. The highest BCUT2D eigenvalue weighted by Crippen LogP contribution is 2.37. The summed E-state index contributed by atoms with van der Waals surface area (Å²) < 4.78 is 6.02. The van der Waals surface area contributed by atoms with Crippen molar-refractivity contribution in [2.45, 2.75) is 38.4 Å². The molecule has 0 atom stereocenters. The third kappa shape index (κ3) is 3.64. The van der Waals surface area contributed by atoms with Gasteiger partial charge in [0.25, 0.3) is 11.8 Å². The van der Waals surface area contributed by atoms with Gasteiger partial charge >= 0.3 is 6.03 Å². The molecule has 2 saturated heterocycles. The van der Waals surface area contributed by atoms with Crippen molar-refractivity contribution in [2.24, 2.45) is 0 Å². The fourth-order valence-electron chi connectivity index (χ4n) is 5.27. The molecule has 3 aromatic rings. The van der Waals surface area contributed by atoms with E-state index in [9.17, 15) is 14.4 Å². The van der Waals surface area contributed by atoms with E-state index in [-0.39, 0.29) is 0 Å². The lowest BCUT2D eigenvalue weighted by atomic mass is 9.92. The molecule has 6 rings (SSSR count). The molecule has 2 fully saturated rings. The van der Waals surface area contributed by atoms with Crippen LogP contribution in [-0.4, -0.2) is 34.9 Å². The van der Waals surface area contributed by atoms with E-state index in [0.717, 1.165) is 13.1 Å². The summed E-state index contributed by atoms with van der Waals surface area (Å²) in [5.74, 6) is -0.103. The van der Waals surface area contributed by atoms with Gasteiger partial charge in [0, 0.05) is 31.4 Å². The number of rotatable bonds is 4. The van der Waals surface area contributed by atoms with Crippen LogP contribution in [0.1, 0.15) is 29.5 Å². The van der Waals surface area contributed by atoms with Crippen LogP contribution in [0.15, 0.2) is 60.8 Å². The van der Waals surface area contributed by atoms with Gasteiger partial charge in [-0.05, 0) is 61.2 Å². The van der Waals surface area contributed by atoms with Crippen molar-refractivity contribution < 1.29 is 19.1 Å². The Morgan fingerprint density at radius 3 is 2.33 bits per heavy atom. The number of aryl methyl sites for hydroxylation is 1. The van der Waals surface area contributed by atoms with Crippen LogP contribution < -0.4 is 25.2 Å². The molecule has 4 heterocycles. The Hall–Kier alpha value is -4.40. The number of carbonyl (C=O) groups is 3. The molecule has 182 valence electrons. The number of barbiturate groups is 1. The Bertz CT molecular complexity index is 1350. The molecule has 0 saturated carbocycles. The van der Waals surface area contributed by atoms with E-state index in [1.54, 1.807) is 23.2 Å². The number of nitrogens with one attached hydrogen (secondary N) is 2. The average molecular weight is 484 g/mol. The number of nitrogens with zero attached hydrogens (tertiary/aromatic N) is 3. The van der Waals surface area contributed by atoms with E-state index in [1.165, 1.54) is 22.4 Å². The monoisotopic (exact) mass is 483 g/mol. The highest BCUT2D eigenvalue weighted by molar-refractivity contribution is 6.24. The summed E-state index contributed by atoms with van der Waals surface area (Å²) in [6.45, 7) is 4.25. The lowest BCUT2D eigenvalue weighted by molar-refractivity contribution is -0.137. The highest BCUT2D eigenvalue weighted by atomic mass is 16.5. The minimum atomic E-state index is -1.44. The molecule has 0 radical (unpaired) electrons. The number of aromatic nitrogens is 1. The van der Waals surface area contributed by atoms with Crippen molar-refractivity contribution in [3.05, 3.63) is 77.5 Å². The number of hydrogen-bond acceptors (Lipinski definition) is 7. The van der Waals surface area contributed by atoms with E-state index >= 15 is 0 Å². The molecule has 0 bridgehead atoms. The summed E-state index contributed by atoms with van der Waals surface area (Å²) in [6, 6.07) is 17.3. The summed E-state index contributed by atoms with van der Waals surface area (Å²) in [6.07, 6.45) is 2.55. The molecule has 3 aliphatic rings. The van der Waals surface area contributed by atoms with Crippen molar-refractivity contribution in [3.8, 4) is 11.6 Å². The van der Waals surface area contributed by atoms with Crippen LogP contribution in [0.3, 0.4) is 0 Å². The molecule has 1 spiro atoms. The first-order chi connectivity index (χ1) is 17.4. The van der Waals surface area contributed by atoms with Gasteiger partial charge in [-0.25, -0.2) is 9.78 Å². The predicted molar refractivity (Wildman–Crippen MR) is 133 cm³/mol. The number of imide groups is 2. The van der Waals surface area contributed by atoms with Crippen LogP contribution in [0.5, 0.6) is 11.6 Å². The van der Waals surface area contributed by atoms with Crippen LogP contribution in [0, 0.1) is 6.92 Å². The highest BCUT2D eigenvalue weighted by Gasteiger charge is 2.57. The second kappa shape index (κ2) is 8.37. The van der Waals surface area contributed by atoms with Crippen LogP contribution >= 0.6 is 0 Å². The van der Waals surface area contributed by atoms with Gasteiger partial charge < -0.3 is 14.5 Å². The van der Waals surface area contributed by atoms with Crippen LogP contribution in [0.2, 0.25) is 0 Å². The van der Waals surface area contributed by atoms with Crippen molar-refractivity contribution >= 4 is 29.2 Å². The van der Waals surface area contributed by atoms with Gasteiger partial charge in [-0.15, -0.1) is 0 Å². The number of urea groups is 1. The minimum absolute atomic E-state index is 0.324. The topological polar surface area (TPSA) is 104 Å². The van der Waals surface area contributed by atoms with E-state index in [0.29, 0.717) is 36.7 Å². The second-order valence-electron chi connectivity index (χ2n) is 9.43. The quantitative estimate of drug-likeness (QED) is 0.548. The largest absolute Gasteiger partial charge is 0.439 e. The molecule has 36 heavy (non-hydrogen) atoms. The number of anilines is 2. The minimum Gasteiger partial charge on any atom is -0.439 e. The zero-order valence-electron chi connectivity index (χ0n) is 19.8. The molecular weight excluding hydrogens is 458 g/mol. The Labute approximate surface area is 208 Å². The van der Waals surface area contributed by atoms with Crippen molar-refractivity contribution in [3.63, 3.8) is 0 Å². The van der Waals surface area contributed by atoms with E-state index < -0.39 is 23.4 Å². The zero-order valence-corrected chi connectivity index (χ0v) is 19.8. The number of ether oxygens (including phenoxy) is 1. The number of pyridine rings is 1. The SMILES string of the molecule is Cc1ccc(N2Cc3ccc(Oc4ccc(N5CCCC56C(=O)NC(=O)NC6=O)cn4)cc3C2)cc1. The maximum absolute atomic E-state index is 12.7. The Morgan fingerprint density at radius 2 is 1.61 bits per heavy atom. The number of hydrogen-bond donors (Lipinski definition) is 2. The number of benzene rings is 2. The van der Waals surface area contributed by atoms with E-state index in [2.05, 4.69) is 57.8 Å². The average Bonchev–Trinajstić information content (AvgIpc) is 3.49. The van der Waals surface area contributed by atoms with Crippen molar-refractivity contribution in [2.75, 3.05) is 16.3 Å². The van der Waals surface area contributed by atoms with Crippen molar-refractivity contribution in [1.82, 2.24) is 15.6 Å². The molecular formula is C27H25N5O4. The molecule has 0 unspecified atom stereocenters. The first kappa shape index (κ1) is 22.1. The molecule has 9 heteroatoms. The summed E-state index contributed by atoms with van der Waals surface area (Å²) in [5.41, 5.74) is 4.09. The van der Waals surface area contributed by atoms with Crippen LogP contribution in [-0.2, 0) is 22.7 Å². The number of fused-ring (bicyclic) bond motifs is 1. The molecule has 3 aliphatic heterocycles. The van der Waals surface area contributed by atoms with Gasteiger partial charge in [0.05, 0.1) is 11.9 Å². The molecule has 2 aromatic carbocycles. The third-order valence-corrected chi connectivity index (χ3v) is 7.14. The summed E-state index contributed by atoms with van der Waals surface area (Å²) in [7, 11) is 0. The maximum atomic E-state index is 12.7. The second-order valence-corrected chi connectivity index (χ2v) is 9.43. The van der Waals surface area contributed by atoms with Gasteiger partial charge in [0.1, 0.15) is 5.75 Å². The lowest BCUT2D eigenvalue weighted by Crippen LogP contribution is -2.71. The van der Waals surface area contributed by atoms with Gasteiger partial charge in [-0.2, -0.15) is 0 Å². The van der Waals surface area contributed by atoms with E-state index in [1.807, 2.05) is 12.1 Å². The normalized spacial score (nSPS) is 18.3. The standard InChI is InChI=1S/C27H25N5O4/c1-17-3-6-20(7-4-17)31-15-18-5-9-22(13-19(18)16-31)36-23-10-8-21(14-28-23)32-12-2-11-27(32)24(33)29-26(35)30-25(27)34/h3-10,13-14H,2,11-12,15-16H2,1H3,(H2,29,30,33,34,35). The third-order valence-electron chi connectivity index (χ3n) is 7.14. The van der Waals surface area contributed by atoms with Gasteiger partial charge in [-0.3, -0.25) is 20.2 Å². The van der Waals surface area contributed by atoms with Crippen LogP contribution in [0.4, 0.5) is 16.2 Å². The number of carbonyl (C=O) groups excluding carboxylic acids is 3. The predicted octanol–water partition coefficient (Wildman–Crippen LogP) is 3.41. The molecule has 4 amide bonds. The Balaban J connectivity index is 1.17. The Morgan fingerprint density at radius 1 is 0.889 bits per heavy atom. The number of amides is 4. The first-order valence-electron chi connectivity index (χ1n) is 11.9. The van der Waals surface area contributed by atoms with Crippen molar-refractivity contribution in [1.29, 1.82) is 0 Å². The molecule has 9 nitrogen and oxygen atoms in total.